The fraction of sp³-hybridized carbons (Fsp3) is 0.381. The summed E-state index contributed by atoms with van der Waals surface area (Å²) >= 11 is 5.59. The number of anilines is 1. The molecule has 0 atom stereocenters. The number of rotatable bonds is 7. The molecule has 0 unspecified atom stereocenters. The normalized spacial score (nSPS) is 15.6. The van der Waals surface area contributed by atoms with Crippen molar-refractivity contribution in [1.29, 1.82) is 0 Å². The van der Waals surface area contributed by atoms with Crippen LogP contribution in [0.1, 0.15) is 5.56 Å². The number of hydrogen-bond donors (Lipinski definition) is 1. The number of benzene rings is 2. The molecule has 0 bridgehead atoms. The van der Waals surface area contributed by atoms with Gasteiger partial charge in [0.05, 0.1) is 17.1 Å². The van der Waals surface area contributed by atoms with E-state index < -0.39 is 28.5 Å². The summed E-state index contributed by atoms with van der Waals surface area (Å²) in [6, 6.07) is 9.49. The number of ether oxygens (including phenoxy) is 1. The average molecular weight is 460 g/mol. The molecule has 0 saturated carbocycles. The van der Waals surface area contributed by atoms with E-state index in [1.54, 1.807) is 18.2 Å². The van der Waals surface area contributed by atoms with Crippen LogP contribution in [0.5, 0.6) is 5.75 Å². The molecule has 3 rings (SSSR count). The zero-order valence-corrected chi connectivity index (χ0v) is 17.3. The van der Waals surface area contributed by atoms with Crippen LogP contribution in [-0.2, 0) is 11.0 Å². The van der Waals surface area contributed by atoms with Crippen LogP contribution in [0, 0.1) is 5.82 Å². The van der Waals surface area contributed by atoms with E-state index in [0.29, 0.717) is 39.3 Å². The van der Waals surface area contributed by atoms with Crippen molar-refractivity contribution in [1.82, 2.24) is 9.80 Å². The van der Waals surface area contributed by atoms with E-state index in [1.165, 1.54) is 12.1 Å². The van der Waals surface area contributed by atoms with Gasteiger partial charge in [-0.1, -0.05) is 23.7 Å². The van der Waals surface area contributed by atoms with Crippen molar-refractivity contribution in [3.63, 3.8) is 0 Å². The molecule has 168 valence electrons. The maximum Gasteiger partial charge on any atom is 0.417 e. The smallest absolute Gasteiger partial charge is 0.417 e. The number of halogens is 5. The van der Waals surface area contributed by atoms with Gasteiger partial charge in [-0.3, -0.25) is 14.6 Å². The summed E-state index contributed by atoms with van der Waals surface area (Å²) in [6.07, 6.45) is -4.59. The van der Waals surface area contributed by atoms with Crippen LogP contribution < -0.4 is 10.1 Å². The van der Waals surface area contributed by atoms with Crippen LogP contribution in [-0.4, -0.2) is 61.6 Å². The predicted octanol–water partition coefficient (Wildman–Crippen LogP) is 4.13. The largest absolute Gasteiger partial charge is 0.489 e. The van der Waals surface area contributed by atoms with E-state index in [0.717, 1.165) is 12.1 Å². The molecule has 1 saturated heterocycles. The first-order valence-corrected chi connectivity index (χ1v) is 10.1. The van der Waals surface area contributed by atoms with Crippen LogP contribution in [0.4, 0.5) is 23.2 Å². The van der Waals surface area contributed by atoms with Gasteiger partial charge in [0.15, 0.2) is 11.6 Å². The Kier molecular flexibility index (Phi) is 7.74. The van der Waals surface area contributed by atoms with Crippen molar-refractivity contribution < 1.29 is 27.1 Å². The second-order valence-corrected chi connectivity index (χ2v) is 7.54. The number of hydrogen-bond acceptors (Lipinski definition) is 4. The lowest BCUT2D eigenvalue weighted by molar-refractivity contribution is -0.137. The van der Waals surface area contributed by atoms with Crippen molar-refractivity contribution >= 4 is 23.2 Å². The molecule has 1 aliphatic heterocycles. The summed E-state index contributed by atoms with van der Waals surface area (Å²) in [5.74, 6) is -0.582. The summed E-state index contributed by atoms with van der Waals surface area (Å²) < 4.78 is 57.8. The third kappa shape index (κ3) is 6.81. The molecule has 31 heavy (non-hydrogen) atoms. The lowest BCUT2D eigenvalue weighted by Gasteiger charge is -2.34. The summed E-state index contributed by atoms with van der Waals surface area (Å²) in [5.41, 5.74) is -0.941. The zero-order valence-electron chi connectivity index (χ0n) is 16.6. The van der Waals surface area contributed by atoms with Gasteiger partial charge in [0.25, 0.3) is 0 Å². The lowest BCUT2D eigenvalue weighted by atomic mass is 10.2. The van der Waals surface area contributed by atoms with Crippen LogP contribution in [0.15, 0.2) is 42.5 Å². The quantitative estimate of drug-likeness (QED) is 0.632. The highest BCUT2D eigenvalue weighted by molar-refractivity contribution is 6.31. The number of nitrogens with one attached hydrogen (secondary N) is 1. The average Bonchev–Trinajstić information content (AvgIpc) is 2.71. The third-order valence-corrected chi connectivity index (χ3v) is 5.22. The maximum absolute atomic E-state index is 13.5. The highest BCUT2D eigenvalue weighted by atomic mass is 35.5. The van der Waals surface area contributed by atoms with Crippen molar-refractivity contribution in [2.75, 3.05) is 51.2 Å². The Morgan fingerprint density at radius 3 is 2.42 bits per heavy atom. The lowest BCUT2D eigenvalue weighted by Crippen LogP contribution is -2.49. The minimum absolute atomic E-state index is 0.0469. The number of piperazine rings is 1. The van der Waals surface area contributed by atoms with Gasteiger partial charge in [0.1, 0.15) is 6.61 Å². The third-order valence-electron chi connectivity index (χ3n) is 4.89. The molecular weight excluding hydrogens is 438 g/mol. The summed E-state index contributed by atoms with van der Waals surface area (Å²) in [4.78, 5) is 16.3. The molecule has 0 radical (unpaired) electrons. The zero-order chi connectivity index (χ0) is 22.4. The monoisotopic (exact) mass is 459 g/mol. The summed E-state index contributed by atoms with van der Waals surface area (Å²) in [6.45, 7) is 3.70. The van der Waals surface area contributed by atoms with E-state index in [1.807, 2.05) is 4.90 Å². The van der Waals surface area contributed by atoms with Gasteiger partial charge >= 0.3 is 6.18 Å². The molecule has 1 aliphatic rings. The summed E-state index contributed by atoms with van der Waals surface area (Å²) in [7, 11) is 0. The Hall–Kier alpha value is -2.36. The molecule has 2 aromatic carbocycles. The van der Waals surface area contributed by atoms with E-state index in [-0.39, 0.29) is 18.0 Å². The molecule has 0 spiro atoms. The first-order chi connectivity index (χ1) is 14.7. The van der Waals surface area contributed by atoms with E-state index in [2.05, 4.69) is 10.2 Å². The highest BCUT2D eigenvalue weighted by Crippen LogP contribution is 2.36. The molecule has 1 N–H and O–H groups in total. The Morgan fingerprint density at radius 2 is 1.74 bits per heavy atom. The van der Waals surface area contributed by atoms with Crippen LogP contribution in [0.2, 0.25) is 5.02 Å². The molecule has 0 aromatic heterocycles. The van der Waals surface area contributed by atoms with Gasteiger partial charge in [0.2, 0.25) is 5.91 Å². The number of nitrogens with zero attached hydrogens (tertiary/aromatic N) is 2. The van der Waals surface area contributed by atoms with Gasteiger partial charge in [-0.2, -0.15) is 13.2 Å². The first kappa shape index (κ1) is 23.3. The van der Waals surface area contributed by atoms with Gasteiger partial charge < -0.3 is 10.1 Å². The van der Waals surface area contributed by atoms with Gasteiger partial charge in [-0.05, 0) is 30.3 Å². The van der Waals surface area contributed by atoms with Crippen LogP contribution in [0.3, 0.4) is 0 Å². The highest BCUT2D eigenvalue weighted by Gasteiger charge is 2.33. The SMILES string of the molecule is O=C(CN1CCN(CCOc2ccccc2F)CC1)Nc1ccc(Cl)c(C(F)(F)F)c1. The number of carbonyl (C=O) groups excluding carboxylic acids is 1. The van der Waals surface area contributed by atoms with Gasteiger partial charge in [0, 0.05) is 38.4 Å². The van der Waals surface area contributed by atoms with Crippen LogP contribution in [0.25, 0.3) is 0 Å². The summed E-state index contributed by atoms with van der Waals surface area (Å²) in [5, 5.41) is 2.07. The number of alkyl halides is 3. The Bertz CT molecular complexity index is 902. The van der Waals surface area contributed by atoms with Crippen molar-refractivity contribution in [2.24, 2.45) is 0 Å². The molecule has 10 heteroatoms. The van der Waals surface area contributed by atoms with Crippen LogP contribution >= 0.6 is 11.6 Å². The fourth-order valence-corrected chi connectivity index (χ4v) is 3.47. The van der Waals surface area contributed by atoms with Crippen molar-refractivity contribution in [2.45, 2.75) is 6.18 Å². The Balaban J connectivity index is 1.40. The van der Waals surface area contributed by atoms with Gasteiger partial charge in [-0.15, -0.1) is 0 Å². The van der Waals surface area contributed by atoms with E-state index >= 15 is 0 Å². The Labute approximate surface area is 182 Å². The molecule has 5 nitrogen and oxygen atoms in total. The van der Waals surface area contributed by atoms with Gasteiger partial charge in [-0.25, -0.2) is 4.39 Å². The second-order valence-electron chi connectivity index (χ2n) is 7.14. The number of amides is 1. The molecule has 2 aromatic rings. The second kappa shape index (κ2) is 10.3. The van der Waals surface area contributed by atoms with E-state index in [9.17, 15) is 22.4 Å². The predicted molar refractivity (Wildman–Crippen MR) is 110 cm³/mol. The minimum Gasteiger partial charge on any atom is -0.489 e. The molecule has 1 fully saturated rings. The standard InChI is InChI=1S/C21H22ClF4N3O2/c22-17-6-5-15(13-16(17)21(24,25)26)27-20(30)14-29-9-7-28(8-10-29)11-12-31-19-4-2-1-3-18(19)23/h1-6,13H,7-12,14H2,(H,27,30). The minimum atomic E-state index is -4.59. The first-order valence-electron chi connectivity index (χ1n) is 9.71. The molecule has 1 heterocycles. The topological polar surface area (TPSA) is 44.8 Å². The molecule has 1 amide bonds. The van der Waals surface area contributed by atoms with E-state index in [4.69, 9.17) is 16.3 Å². The Morgan fingerprint density at radius 1 is 1.06 bits per heavy atom. The van der Waals surface area contributed by atoms with Crippen molar-refractivity contribution in [3.05, 3.63) is 58.9 Å². The van der Waals surface area contributed by atoms with Crippen molar-refractivity contribution in [3.8, 4) is 5.75 Å². The molecular formula is C21H22ClF4N3O2. The number of carbonyl (C=O) groups is 1. The number of para-hydroxylation sites is 1. The maximum atomic E-state index is 13.5. The molecule has 0 aliphatic carbocycles. The fourth-order valence-electron chi connectivity index (χ4n) is 3.24.